The second kappa shape index (κ2) is 7.56. The lowest BCUT2D eigenvalue weighted by Gasteiger charge is -2.26. The summed E-state index contributed by atoms with van der Waals surface area (Å²) in [6, 6.07) is 0. The average Bonchev–Trinajstić information content (AvgIpc) is 2.25. The third-order valence-corrected chi connectivity index (χ3v) is 4.05. The number of rotatable bonds is 9. The van der Waals surface area contributed by atoms with Crippen molar-refractivity contribution in [2.24, 2.45) is 0 Å². The number of carboxylic acids is 1. The van der Waals surface area contributed by atoms with Crippen molar-refractivity contribution in [3.05, 3.63) is 0 Å². The number of carboxylic acid groups (broad SMARTS) is 1. The Balaban J connectivity index is 4.63. The molecule has 0 rings (SSSR count). The molecular weight excluding hydrogens is 252 g/mol. The van der Waals surface area contributed by atoms with Gasteiger partial charge in [-0.3, -0.25) is 4.79 Å². The van der Waals surface area contributed by atoms with Crippen LogP contribution >= 0.6 is 0 Å². The third-order valence-electron chi connectivity index (χ3n) is 2.06. The maximum Gasteiger partial charge on any atom is 0.304 e. The highest BCUT2D eigenvalue weighted by atomic mass is 32.2. The first kappa shape index (κ1) is 16.3. The summed E-state index contributed by atoms with van der Waals surface area (Å²) >= 11 is 0. The Bertz CT molecular complexity index is 325. The van der Waals surface area contributed by atoms with Gasteiger partial charge in [-0.2, -0.15) is 17.0 Å². The van der Waals surface area contributed by atoms with Crippen LogP contribution in [0, 0.1) is 0 Å². The molecule has 0 saturated carbocycles. The molecule has 0 radical (unpaired) electrons. The first-order valence-electron chi connectivity index (χ1n) is 5.01. The molecule has 0 amide bonds. The van der Waals surface area contributed by atoms with Gasteiger partial charge in [-0.1, -0.05) is 0 Å². The van der Waals surface area contributed by atoms with E-state index in [4.69, 9.17) is 15.3 Å². The van der Waals surface area contributed by atoms with Gasteiger partial charge in [0.15, 0.2) is 0 Å². The number of hydrogen-bond acceptors (Lipinski definition) is 5. The van der Waals surface area contributed by atoms with Gasteiger partial charge in [0, 0.05) is 26.7 Å². The first-order chi connectivity index (χ1) is 7.86. The second-order valence-corrected chi connectivity index (χ2v) is 5.35. The van der Waals surface area contributed by atoms with Crippen molar-refractivity contribution in [3.63, 3.8) is 0 Å². The molecule has 0 aromatic rings. The fourth-order valence-corrected chi connectivity index (χ4v) is 2.47. The summed E-state index contributed by atoms with van der Waals surface area (Å²) in [6.45, 7) is -1.18. The van der Waals surface area contributed by atoms with Crippen LogP contribution in [-0.4, -0.2) is 78.2 Å². The number of carbonyl (C=O) groups is 1. The molecule has 102 valence electrons. The quantitative estimate of drug-likeness (QED) is 0.443. The lowest BCUT2D eigenvalue weighted by molar-refractivity contribution is -0.137. The number of aliphatic hydroxyl groups is 2. The molecule has 8 nitrogen and oxygen atoms in total. The van der Waals surface area contributed by atoms with Crippen molar-refractivity contribution in [2.45, 2.75) is 6.42 Å². The summed E-state index contributed by atoms with van der Waals surface area (Å²) in [6.07, 6.45) is -0.304. The van der Waals surface area contributed by atoms with Crippen molar-refractivity contribution < 1.29 is 28.5 Å². The maximum absolute atomic E-state index is 11.9. The molecule has 0 saturated heterocycles. The van der Waals surface area contributed by atoms with Crippen LogP contribution in [0.4, 0.5) is 0 Å². The van der Waals surface area contributed by atoms with E-state index in [2.05, 4.69) is 0 Å². The minimum Gasteiger partial charge on any atom is -0.481 e. The monoisotopic (exact) mass is 270 g/mol. The molecule has 0 aromatic carbocycles. The van der Waals surface area contributed by atoms with Crippen molar-refractivity contribution in [3.8, 4) is 0 Å². The first-order valence-corrected chi connectivity index (χ1v) is 6.41. The van der Waals surface area contributed by atoms with Crippen molar-refractivity contribution in [2.75, 3.05) is 39.9 Å². The van der Waals surface area contributed by atoms with E-state index in [0.29, 0.717) is 0 Å². The Kier molecular flexibility index (Phi) is 7.23. The molecule has 3 N–H and O–H groups in total. The van der Waals surface area contributed by atoms with E-state index in [9.17, 15) is 13.2 Å². The highest BCUT2D eigenvalue weighted by molar-refractivity contribution is 7.86. The Labute approximate surface area is 100 Å². The van der Waals surface area contributed by atoms with E-state index in [1.54, 1.807) is 0 Å². The third kappa shape index (κ3) is 5.41. The molecule has 0 aliphatic heterocycles. The van der Waals surface area contributed by atoms with Crippen LogP contribution < -0.4 is 0 Å². The topological polar surface area (TPSA) is 118 Å². The summed E-state index contributed by atoms with van der Waals surface area (Å²) in [5.41, 5.74) is 0. The van der Waals surface area contributed by atoms with E-state index in [1.807, 2.05) is 0 Å². The van der Waals surface area contributed by atoms with Crippen LogP contribution in [0.1, 0.15) is 6.42 Å². The zero-order valence-corrected chi connectivity index (χ0v) is 10.4. The van der Waals surface area contributed by atoms with Gasteiger partial charge in [-0.15, -0.1) is 0 Å². The summed E-state index contributed by atoms with van der Waals surface area (Å²) in [5.74, 6) is -1.09. The van der Waals surface area contributed by atoms with Gasteiger partial charge in [-0.05, 0) is 0 Å². The molecule has 17 heavy (non-hydrogen) atoms. The minimum atomic E-state index is -3.84. The van der Waals surface area contributed by atoms with Crippen molar-refractivity contribution in [1.29, 1.82) is 0 Å². The van der Waals surface area contributed by atoms with E-state index < -0.39 is 16.2 Å². The van der Waals surface area contributed by atoms with Crippen LogP contribution in [0.15, 0.2) is 0 Å². The van der Waals surface area contributed by atoms with E-state index in [1.165, 1.54) is 7.05 Å². The van der Waals surface area contributed by atoms with Gasteiger partial charge in [0.2, 0.25) is 0 Å². The number of hydrogen-bond donors (Lipinski definition) is 3. The molecular formula is C8H18N2O6S. The lowest BCUT2D eigenvalue weighted by atomic mass is 10.4. The van der Waals surface area contributed by atoms with Gasteiger partial charge in [-0.25, -0.2) is 0 Å². The minimum absolute atomic E-state index is 0.139. The van der Waals surface area contributed by atoms with Crippen LogP contribution in [0.25, 0.3) is 0 Å². The van der Waals surface area contributed by atoms with Gasteiger partial charge >= 0.3 is 5.97 Å². The van der Waals surface area contributed by atoms with Crippen LogP contribution in [-0.2, 0) is 15.0 Å². The van der Waals surface area contributed by atoms with Crippen LogP contribution in [0.2, 0.25) is 0 Å². The van der Waals surface area contributed by atoms with Gasteiger partial charge in [0.05, 0.1) is 19.6 Å². The zero-order chi connectivity index (χ0) is 13.5. The van der Waals surface area contributed by atoms with Crippen LogP contribution in [0.3, 0.4) is 0 Å². The average molecular weight is 270 g/mol. The van der Waals surface area contributed by atoms with E-state index in [-0.39, 0.29) is 39.3 Å². The smallest absolute Gasteiger partial charge is 0.304 e. The Morgan fingerprint density at radius 2 is 1.59 bits per heavy atom. The van der Waals surface area contributed by atoms with E-state index in [0.717, 1.165) is 8.61 Å². The molecule has 0 atom stereocenters. The predicted molar refractivity (Wildman–Crippen MR) is 59.5 cm³/mol. The fourth-order valence-electron chi connectivity index (χ4n) is 1.13. The standard InChI is InChI=1S/C8H18N2O6S/c1-9(3-2-8(13)14)17(15,16)10(4-6-11)5-7-12/h11-12H,2-7H2,1H3,(H,13,14). The largest absolute Gasteiger partial charge is 0.481 e. The molecule has 0 aliphatic carbocycles. The number of aliphatic carboxylic acids is 1. The molecule has 0 aliphatic rings. The molecule has 0 unspecified atom stereocenters. The molecule has 0 aromatic heterocycles. The Morgan fingerprint density at radius 1 is 1.12 bits per heavy atom. The number of nitrogens with zero attached hydrogens (tertiary/aromatic N) is 2. The van der Waals surface area contributed by atoms with E-state index >= 15 is 0 Å². The van der Waals surface area contributed by atoms with Gasteiger partial charge in [0.1, 0.15) is 0 Å². The maximum atomic E-state index is 11.9. The van der Waals surface area contributed by atoms with Gasteiger partial charge < -0.3 is 15.3 Å². The van der Waals surface area contributed by atoms with Crippen molar-refractivity contribution in [1.82, 2.24) is 8.61 Å². The van der Waals surface area contributed by atoms with Crippen molar-refractivity contribution >= 4 is 16.2 Å². The number of aliphatic hydroxyl groups excluding tert-OH is 2. The highest BCUT2D eigenvalue weighted by Crippen LogP contribution is 2.06. The lowest BCUT2D eigenvalue weighted by Crippen LogP contribution is -2.45. The molecule has 9 heteroatoms. The summed E-state index contributed by atoms with van der Waals surface area (Å²) in [4.78, 5) is 10.3. The fraction of sp³-hybridized carbons (Fsp3) is 0.875. The summed E-state index contributed by atoms with van der Waals surface area (Å²) in [7, 11) is -2.59. The Hall–Kier alpha value is -0.740. The zero-order valence-electron chi connectivity index (χ0n) is 9.61. The molecule has 0 spiro atoms. The molecule has 0 bridgehead atoms. The normalized spacial score (nSPS) is 12.3. The summed E-state index contributed by atoms with van der Waals surface area (Å²) in [5, 5.41) is 25.9. The summed E-state index contributed by atoms with van der Waals surface area (Å²) < 4.78 is 25.5. The SMILES string of the molecule is CN(CCC(=O)O)S(=O)(=O)N(CCO)CCO. The van der Waals surface area contributed by atoms with Crippen LogP contribution in [0.5, 0.6) is 0 Å². The Morgan fingerprint density at radius 3 is 1.94 bits per heavy atom. The predicted octanol–water partition coefficient (Wildman–Crippen LogP) is -2.08. The molecule has 0 fully saturated rings. The second-order valence-electron chi connectivity index (χ2n) is 3.32. The highest BCUT2D eigenvalue weighted by Gasteiger charge is 2.26. The van der Waals surface area contributed by atoms with Gasteiger partial charge in [0.25, 0.3) is 10.2 Å². The molecule has 0 heterocycles.